The van der Waals surface area contributed by atoms with Gasteiger partial charge in [-0.15, -0.1) is 11.8 Å². The average molecular weight is 211 g/mol. The third-order valence-corrected chi connectivity index (χ3v) is 2.91. The van der Waals surface area contributed by atoms with Gasteiger partial charge in [0.25, 0.3) is 0 Å². The number of rotatable bonds is 4. The molecule has 1 aromatic heterocycles. The summed E-state index contributed by atoms with van der Waals surface area (Å²) in [6.45, 7) is 1.83. The van der Waals surface area contributed by atoms with Gasteiger partial charge in [-0.3, -0.25) is 10.2 Å². The van der Waals surface area contributed by atoms with Crippen molar-refractivity contribution in [2.24, 2.45) is 11.8 Å². The van der Waals surface area contributed by atoms with E-state index in [0.717, 1.165) is 5.03 Å². The molecule has 0 aliphatic carbocycles. The molecular formula is C9H13N3OS. The summed E-state index contributed by atoms with van der Waals surface area (Å²) in [5, 5.41) is 0.921. The van der Waals surface area contributed by atoms with Gasteiger partial charge in [-0.1, -0.05) is 13.0 Å². The number of carbonyl (C=O) groups is 1. The first-order chi connectivity index (χ1) is 6.74. The molecule has 0 saturated carbocycles. The second-order valence-corrected chi connectivity index (χ2v) is 3.93. The van der Waals surface area contributed by atoms with Crippen LogP contribution in [0.25, 0.3) is 0 Å². The molecule has 1 heterocycles. The fraction of sp³-hybridized carbons (Fsp3) is 0.333. The van der Waals surface area contributed by atoms with Gasteiger partial charge in [0.2, 0.25) is 5.91 Å². The van der Waals surface area contributed by atoms with Crippen molar-refractivity contribution < 1.29 is 4.79 Å². The fourth-order valence-corrected chi connectivity index (χ4v) is 1.74. The first-order valence-corrected chi connectivity index (χ1v) is 5.27. The standard InChI is InChI=1S/C9H13N3OS/c1-7(9(13)12-10)6-14-8-4-2-3-5-11-8/h2-5,7H,6,10H2,1H3,(H,12,13). The topological polar surface area (TPSA) is 68.0 Å². The minimum atomic E-state index is -0.145. The van der Waals surface area contributed by atoms with Crippen LogP contribution in [0.3, 0.4) is 0 Å². The summed E-state index contributed by atoms with van der Waals surface area (Å²) in [4.78, 5) is 15.2. The molecule has 3 N–H and O–H groups in total. The Bertz CT molecular complexity index is 291. The summed E-state index contributed by atoms with van der Waals surface area (Å²) < 4.78 is 0. The van der Waals surface area contributed by atoms with Crippen molar-refractivity contribution in [1.29, 1.82) is 0 Å². The molecule has 1 unspecified atom stereocenters. The molecule has 0 aromatic carbocycles. The van der Waals surface area contributed by atoms with Gasteiger partial charge in [-0.05, 0) is 12.1 Å². The number of thioether (sulfide) groups is 1. The minimum Gasteiger partial charge on any atom is -0.294 e. The zero-order valence-electron chi connectivity index (χ0n) is 7.93. The van der Waals surface area contributed by atoms with Gasteiger partial charge in [0.1, 0.15) is 0 Å². The van der Waals surface area contributed by atoms with E-state index in [4.69, 9.17) is 5.84 Å². The van der Waals surface area contributed by atoms with Crippen LogP contribution in [0.1, 0.15) is 6.92 Å². The Labute approximate surface area is 87.3 Å². The van der Waals surface area contributed by atoms with Crippen LogP contribution in [0, 0.1) is 5.92 Å². The lowest BCUT2D eigenvalue weighted by Crippen LogP contribution is -2.35. The van der Waals surface area contributed by atoms with E-state index in [2.05, 4.69) is 10.4 Å². The number of aromatic nitrogens is 1. The quantitative estimate of drug-likeness (QED) is 0.334. The maximum Gasteiger partial charge on any atom is 0.237 e. The van der Waals surface area contributed by atoms with Crippen molar-refractivity contribution in [3.8, 4) is 0 Å². The molecule has 1 amide bonds. The normalized spacial score (nSPS) is 12.1. The van der Waals surface area contributed by atoms with Crippen molar-refractivity contribution in [2.45, 2.75) is 11.9 Å². The molecule has 4 nitrogen and oxygen atoms in total. The highest BCUT2D eigenvalue weighted by Crippen LogP contribution is 2.17. The van der Waals surface area contributed by atoms with Crippen LogP contribution in [0.4, 0.5) is 0 Å². The van der Waals surface area contributed by atoms with Crippen molar-refractivity contribution in [3.63, 3.8) is 0 Å². The average Bonchev–Trinajstić information content (AvgIpc) is 2.26. The largest absolute Gasteiger partial charge is 0.294 e. The molecule has 76 valence electrons. The summed E-state index contributed by atoms with van der Waals surface area (Å²) in [6, 6.07) is 5.70. The van der Waals surface area contributed by atoms with Crippen LogP contribution in [0.5, 0.6) is 0 Å². The highest BCUT2D eigenvalue weighted by atomic mass is 32.2. The van der Waals surface area contributed by atoms with Crippen LogP contribution in [0.2, 0.25) is 0 Å². The molecule has 0 aliphatic heterocycles. The van der Waals surface area contributed by atoms with E-state index < -0.39 is 0 Å². The molecule has 1 rings (SSSR count). The highest BCUT2D eigenvalue weighted by Gasteiger charge is 2.11. The molecule has 0 fully saturated rings. The maximum atomic E-state index is 11.1. The molecule has 0 saturated heterocycles. The highest BCUT2D eigenvalue weighted by molar-refractivity contribution is 7.99. The lowest BCUT2D eigenvalue weighted by atomic mass is 10.2. The maximum absolute atomic E-state index is 11.1. The van der Waals surface area contributed by atoms with E-state index in [1.807, 2.05) is 25.1 Å². The van der Waals surface area contributed by atoms with Crippen LogP contribution in [-0.2, 0) is 4.79 Å². The Balaban J connectivity index is 2.38. The lowest BCUT2D eigenvalue weighted by molar-refractivity contribution is -0.123. The first kappa shape index (κ1) is 11.0. The van der Waals surface area contributed by atoms with Gasteiger partial charge < -0.3 is 0 Å². The first-order valence-electron chi connectivity index (χ1n) is 4.28. The molecule has 1 atom stereocenters. The van der Waals surface area contributed by atoms with E-state index in [0.29, 0.717) is 5.75 Å². The molecular weight excluding hydrogens is 198 g/mol. The van der Waals surface area contributed by atoms with Crippen LogP contribution in [0.15, 0.2) is 29.4 Å². The number of hydrogen-bond donors (Lipinski definition) is 2. The van der Waals surface area contributed by atoms with E-state index in [1.54, 1.807) is 18.0 Å². The van der Waals surface area contributed by atoms with E-state index >= 15 is 0 Å². The van der Waals surface area contributed by atoms with Crippen molar-refractivity contribution >= 4 is 17.7 Å². The van der Waals surface area contributed by atoms with Crippen molar-refractivity contribution in [1.82, 2.24) is 10.4 Å². The van der Waals surface area contributed by atoms with Gasteiger partial charge in [-0.25, -0.2) is 10.8 Å². The van der Waals surface area contributed by atoms with Gasteiger partial charge >= 0.3 is 0 Å². The number of nitrogens with two attached hydrogens (primary N) is 1. The summed E-state index contributed by atoms with van der Waals surface area (Å²) in [6.07, 6.45) is 1.73. The number of nitrogens with one attached hydrogen (secondary N) is 1. The predicted molar refractivity (Wildman–Crippen MR) is 56.5 cm³/mol. The van der Waals surface area contributed by atoms with Gasteiger partial charge in [0.05, 0.1) is 5.03 Å². The molecule has 0 aliphatic rings. The molecule has 5 heteroatoms. The van der Waals surface area contributed by atoms with Gasteiger partial charge in [-0.2, -0.15) is 0 Å². The zero-order chi connectivity index (χ0) is 10.4. The second kappa shape index (κ2) is 5.62. The Kier molecular flexibility index (Phi) is 4.42. The Morgan fingerprint density at radius 1 is 1.71 bits per heavy atom. The molecule has 0 bridgehead atoms. The smallest absolute Gasteiger partial charge is 0.237 e. The Morgan fingerprint density at radius 3 is 3.07 bits per heavy atom. The number of hydrazine groups is 1. The monoisotopic (exact) mass is 211 g/mol. The van der Waals surface area contributed by atoms with Crippen LogP contribution in [-0.4, -0.2) is 16.6 Å². The number of nitrogens with zero attached hydrogens (tertiary/aromatic N) is 1. The predicted octanol–water partition coefficient (Wildman–Crippen LogP) is 0.800. The van der Waals surface area contributed by atoms with Crippen molar-refractivity contribution in [2.75, 3.05) is 5.75 Å². The molecule has 0 spiro atoms. The lowest BCUT2D eigenvalue weighted by Gasteiger charge is -2.07. The van der Waals surface area contributed by atoms with Crippen LogP contribution < -0.4 is 11.3 Å². The summed E-state index contributed by atoms with van der Waals surface area (Å²) >= 11 is 1.54. The third-order valence-electron chi connectivity index (χ3n) is 1.71. The number of amides is 1. The third kappa shape index (κ3) is 3.35. The molecule has 14 heavy (non-hydrogen) atoms. The molecule has 1 aromatic rings. The minimum absolute atomic E-state index is 0.105. The van der Waals surface area contributed by atoms with Crippen molar-refractivity contribution in [3.05, 3.63) is 24.4 Å². The fourth-order valence-electron chi connectivity index (χ4n) is 0.861. The van der Waals surface area contributed by atoms with E-state index in [-0.39, 0.29) is 11.8 Å². The number of pyridine rings is 1. The summed E-state index contributed by atoms with van der Waals surface area (Å²) in [5.41, 5.74) is 2.13. The van der Waals surface area contributed by atoms with E-state index in [9.17, 15) is 4.79 Å². The Morgan fingerprint density at radius 2 is 2.50 bits per heavy atom. The van der Waals surface area contributed by atoms with Gasteiger partial charge in [0.15, 0.2) is 0 Å². The Hall–Kier alpha value is -1.07. The summed E-state index contributed by atoms with van der Waals surface area (Å²) in [5.74, 6) is 5.45. The number of hydrogen-bond acceptors (Lipinski definition) is 4. The van der Waals surface area contributed by atoms with Gasteiger partial charge in [0, 0.05) is 17.9 Å². The molecule has 0 radical (unpaired) electrons. The van der Waals surface area contributed by atoms with E-state index in [1.165, 1.54) is 0 Å². The zero-order valence-corrected chi connectivity index (χ0v) is 8.75. The second-order valence-electron chi connectivity index (χ2n) is 2.89. The van der Waals surface area contributed by atoms with Crippen LogP contribution >= 0.6 is 11.8 Å². The number of carbonyl (C=O) groups excluding carboxylic acids is 1. The summed E-state index contributed by atoms with van der Waals surface area (Å²) in [7, 11) is 0. The SMILES string of the molecule is CC(CSc1ccccn1)C(=O)NN.